The number of nitrogens with two attached hydrogens (primary N) is 1. The van der Waals surface area contributed by atoms with E-state index in [1.54, 1.807) is 19.1 Å². The second kappa shape index (κ2) is 4.73. The molecule has 84 valence electrons. The van der Waals surface area contributed by atoms with Crippen LogP contribution in [0.2, 0.25) is 0 Å². The van der Waals surface area contributed by atoms with Gasteiger partial charge in [0.15, 0.2) is 0 Å². The molecular formula is C12H18FNO. The highest BCUT2D eigenvalue weighted by molar-refractivity contribution is 5.23. The number of halogens is 1. The van der Waals surface area contributed by atoms with Crippen LogP contribution in [-0.4, -0.2) is 11.7 Å². The Hall–Kier alpha value is -0.930. The summed E-state index contributed by atoms with van der Waals surface area (Å²) in [5.74, 6) is -0.390. The van der Waals surface area contributed by atoms with E-state index in [1.165, 1.54) is 12.1 Å². The summed E-state index contributed by atoms with van der Waals surface area (Å²) in [4.78, 5) is 0. The third-order valence-electron chi connectivity index (χ3n) is 2.98. The molecule has 1 rings (SSSR count). The second-order valence-electron chi connectivity index (χ2n) is 4.00. The maximum atomic E-state index is 13.0. The van der Waals surface area contributed by atoms with Crippen LogP contribution in [0.4, 0.5) is 4.39 Å². The fourth-order valence-electron chi connectivity index (χ4n) is 1.83. The topological polar surface area (TPSA) is 46.2 Å². The summed E-state index contributed by atoms with van der Waals surface area (Å²) in [6.07, 6.45) is 0.764. The average molecular weight is 211 g/mol. The molecule has 2 nitrogen and oxygen atoms in total. The highest BCUT2D eigenvalue weighted by Crippen LogP contribution is 2.31. The van der Waals surface area contributed by atoms with Crippen LogP contribution in [0.25, 0.3) is 0 Å². The summed E-state index contributed by atoms with van der Waals surface area (Å²) in [6.45, 7) is 4.04. The molecule has 1 aromatic carbocycles. The van der Waals surface area contributed by atoms with Crippen LogP contribution in [0.1, 0.15) is 25.8 Å². The third kappa shape index (κ3) is 2.55. The summed E-state index contributed by atoms with van der Waals surface area (Å²) >= 11 is 0. The van der Waals surface area contributed by atoms with Crippen LogP contribution in [-0.2, 0) is 5.60 Å². The van der Waals surface area contributed by atoms with E-state index in [1.807, 2.05) is 6.92 Å². The zero-order valence-electron chi connectivity index (χ0n) is 9.20. The van der Waals surface area contributed by atoms with Crippen LogP contribution < -0.4 is 5.73 Å². The molecule has 0 bridgehead atoms. The van der Waals surface area contributed by atoms with Crippen LogP contribution in [0.15, 0.2) is 24.3 Å². The zero-order chi connectivity index (χ0) is 11.5. The van der Waals surface area contributed by atoms with Gasteiger partial charge in [0.1, 0.15) is 5.82 Å². The number of hydrogen-bond acceptors (Lipinski definition) is 2. The Morgan fingerprint density at radius 1 is 1.53 bits per heavy atom. The first-order valence-electron chi connectivity index (χ1n) is 5.20. The van der Waals surface area contributed by atoms with Gasteiger partial charge in [0.05, 0.1) is 5.60 Å². The molecule has 1 aromatic rings. The van der Waals surface area contributed by atoms with Gasteiger partial charge in [0.2, 0.25) is 0 Å². The SMILES string of the molecule is CCC(CN)C(C)(O)c1cccc(F)c1. The van der Waals surface area contributed by atoms with Gasteiger partial charge < -0.3 is 10.8 Å². The lowest BCUT2D eigenvalue weighted by Crippen LogP contribution is -2.36. The molecule has 0 radical (unpaired) electrons. The van der Waals surface area contributed by atoms with E-state index < -0.39 is 5.60 Å². The predicted octanol–water partition coefficient (Wildman–Crippen LogP) is 2.02. The van der Waals surface area contributed by atoms with E-state index in [4.69, 9.17) is 5.73 Å². The molecule has 3 heteroatoms. The predicted molar refractivity (Wildman–Crippen MR) is 58.8 cm³/mol. The number of aliphatic hydroxyl groups is 1. The van der Waals surface area contributed by atoms with Gasteiger partial charge in [-0.3, -0.25) is 0 Å². The first-order chi connectivity index (χ1) is 7.02. The number of benzene rings is 1. The van der Waals surface area contributed by atoms with Gasteiger partial charge >= 0.3 is 0 Å². The quantitative estimate of drug-likeness (QED) is 0.800. The van der Waals surface area contributed by atoms with Crippen molar-refractivity contribution in [2.75, 3.05) is 6.54 Å². The summed E-state index contributed by atoms with van der Waals surface area (Å²) in [7, 11) is 0. The Balaban J connectivity index is 3.03. The van der Waals surface area contributed by atoms with Gasteiger partial charge in [0, 0.05) is 5.92 Å². The molecule has 0 aromatic heterocycles. The Morgan fingerprint density at radius 2 is 2.20 bits per heavy atom. The van der Waals surface area contributed by atoms with Gasteiger partial charge in [-0.1, -0.05) is 19.1 Å². The van der Waals surface area contributed by atoms with Crippen LogP contribution in [0, 0.1) is 11.7 Å². The Morgan fingerprint density at radius 3 is 2.67 bits per heavy atom. The molecule has 0 saturated heterocycles. The smallest absolute Gasteiger partial charge is 0.123 e. The van der Waals surface area contributed by atoms with Crippen molar-refractivity contribution in [1.29, 1.82) is 0 Å². The molecule has 0 spiro atoms. The van der Waals surface area contributed by atoms with Crippen LogP contribution in [0.3, 0.4) is 0 Å². The first-order valence-corrected chi connectivity index (χ1v) is 5.20. The van der Waals surface area contributed by atoms with Crippen molar-refractivity contribution in [2.24, 2.45) is 11.7 Å². The third-order valence-corrected chi connectivity index (χ3v) is 2.98. The Kier molecular flexibility index (Phi) is 3.83. The fourth-order valence-corrected chi connectivity index (χ4v) is 1.83. The van der Waals surface area contributed by atoms with Crippen molar-refractivity contribution in [1.82, 2.24) is 0 Å². The minimum absolute atomic E-state index is 0.0562. The van der Waals surface area contributed by atoms with Gasteiger partial charge in [-0.15, -0.1) is 0 Å². The highest BCUT2D eigenvalue weighted by Gasteiger charge is 2.31. The minimum atomic E-state index is -1.06. The van der Waals surface area contributed by atoms with E-state index in [0.717, 1.165) is 6.42 Å². The van der Waals surface area contributed by atoms with Crippen molar-refractivity contribution >= 4 is 0 Å². The van der Waals surface area contributed by atoms with E-state index >= 15 is 0 Å². The number of hydrogen-bond donors (Lipinski definition) is 2. The van der Waals surface area contributed by atoms with E-state index in [-0.39, 0.29) is 11.7 Å². The van der Waals surface area contributed by atoms with Gasteiger partial charge in [-0.05, 0) is 37.6 Å². The van der Waals surface area contributed by atoms with E-state index in [0.29, 0.717) is 12.1 Å². The van der Waals surface area contributed by atoms with Crippen molar-refractivity contribution in [2.45, 2.75) is 25.9 Å². The van der Waals surface area contributed by atoms with Crippen molar-refractivity contribution in [3.05, 3.63) is 35.6 Å². The maximum Gasteiger partial charge on any atom is 0.123 e. The molecule has 0 aliphatic rings. The fraction of sp³-hybridized carbons (Fsp3) is 0.500. The van der Waals surface area contributed by atoms with Crippen molar-refractivity contribution < 1.29 is 9.50 Å². The standard InChI is InChI=1S/C12H18FNO/c1-3-9(8-14)12(2,15)10-5-4-6-11(13)7-10/h4-7,9,15H,3,8,14H2,1-2H3. The molecule has 0 aliphatic heterocycles. The lowest BCUT2D eigenvalue weighted by atomic mass is 9.81. The molecule has 2 unspecified atom stereocenters. The van der Waals surface area contributed by atoms with E-state index in [9.17, 15) is 9.50 Å². The van der Waals surface area contributed by atoms with Gasteiger partial charge in [0.25, 0.3) is 0 Å². The minimum Gasteiger partial charge on any atom is -0.385 e. The highest BCUT2D eigenvalue weighted by atomic mass is 19.1. The van der Waals surface area contributed by atoms with E-state index in [2.05, 4.69) is 0 Å². The monoisotopic (exact) mass is 211 g/mol. The zero-order valence-corrected chi connectivity index (χ0v) is 9.20. The maximum absolute atomic E-state index is 13.0. The molecule has 0 heterocycles. The van der Waals surface area contributed by atoms with Gasteiger partial charge in [-0.2, -0.15) is 0 Å². The Labute approximate surface area is 89.9 Å². The summed E-state index contributed by atoms with van der Waals surface area (Å²) in [6, 6.07) is 6.05. The summed E-state index contributed by atoms with van der Waals surface area (Å²) in [5, 5.41) is 10.3. The lowest BCUT2D eigenvalue weighted by molar-refractivity contribution is -0.00428. The molecule has 0 aliphatic carbocycles. The summed E-state index contributed by atoms with van der Waals surface area (Å²) < 4.78 is 13.0. The van der Waals surface area contributed by atoms with Crippen LogP contribution >= 0.6 is 0 Å². The number of rotatable bonds is 4. The molecule has 15 heavy (non-hydrogen) atoms. The molecule has 0 fully saturated rings. The summed E-state index contributed by atoms with van der Waals surface area (Å²) in [5.41, 5.74) is 5.11. The molecule has 3 N–H and O–H groups in total. The molecule has 2 atom stereocenters. The molecule has 0 amide bonds. The second-order valence-corrected chi connectivity index (χ2v) is 4.00. The average Bonchev–Trinajstić information content (AvgIpc) is 2.19. The largest absolute Gasteiger partial charge is 0.385 e. The van der Waals surface area contributed by atoms with Crippen molar-refractivity contribution in [3.8, 4) is 0 Å². The Bertz CT molecular complexity index is 321. The lowest BCUT2D eigenvalue weighted by Gasteiger charge is -2.32. The molecular weight excluding hydrogens is 193 g/mol. The first kappa shape index (κ1) is 12.1. The normalized spacial score (nSPS) is 17.1. The molecule has 0 saturated carbocycles. The van der Waals surface area contributed by atoms with Crippen LogP contribution in [0.5, 0.6) is 0 Å². The van der Waals surface area contributed by atoms with Crippen molar-refractivity contribution in [3.63, 3.8) is 0 Å². The van der Waals surface area contributed by atoms with Gasteiger partial charge in [-0.25, -0.2) is 4.39 Å².